The van der Waals surface area contributed by atoms with Gasteiger partial charge >= 0.3 is 23.9 Å². The molecule has 10 atom stereocenters. The number of carbonyl (C=O) groups is 4. The van der Waals surface area contributed by atoms with Gasteiger partial charge in [-0.05, 0) is 23.1 Å². The molecule has 0 bridgehead atoms. The van der Waals surface area contributed by atoms with E-state index in [0.717, 1.165) is 48.8 Å². The molecular weight excluding hydrogens is 829 g/mol. The SMILES string of the molecule is CCCCCCCCO[C@H]1O[C@H](CO[C@@H]2O[C@@H]([C@@H](COC(C)=O)OC(C)=O)[C@H](OC(C)=O)[C@H]2OC(C)=O)[C@@H](OCc2ccccc2)[C@H](OCc2ccccc2)[C@H]1OCc1ccccc1. The van der Waals surface area contributed by atoms with Crippen LogP contribution in [0.25, 0.3) is 0 Å². The Morgan fingerprint density at radius 2 is 1.02 bits per heavy atom. The zero-order valence-corrected chi connectivity index (χ0v) is 37.5. The summed E-state index contributed by atoms with van der Waals surface area (Å²) < 4.78 is 68.5. The molecule has 2 saturated heterocycles. The molecule has 64 heavy (non-hydrogen) atoms. The van der Waals surface area contributed by atoms with Gasteiger partial charge in [-0.1, -0.05) is 130 Å². The van der Waals surface area contributed by atoms with E-state index >= 15 is 0 Å². The normalized spacial score (nSPS) is 24.7. The third kappa shape index (κ3) is 16.4. The summed E-state index contributed by atoms with van der Waals surface area (Å²) in [5.41, 5.74) is 2.77. The maximum atomic E-state index is 12.6. The van der Waals surface area contributed by atoms with Gasteiger partial charge in [0.15, 0.2) is 30.9 Å². The maximum Gasteiger partial charge on any atom is 0.303 e. The lowest BCUT2D eigenvalue weighted by Crippen LogP contribution is -2.62. The van der Waals surface area contributed by atoms with Crippen LogP contribution in [0, 0.1) is 0 Å². The van der Waals surface area contributed by atoms with Crippen molar-refractivity contribution in [3.8, 4) is 0 Å². The Morgan fingerprint density at radius 1 is 0.516 bits per heavy atom. The van der Waals surface area contributed by atoms with Gasteiger partial charge < -0.3 is 52.1 Å². The molecule has 0 amide bonds. The predicted molar refractivity (Wildman–Crippen MR) is 231 cm³/mol. The van der Waals surface area contributed by atoms with Crippen LogP contribution in [-0.4, -0.2) is 105 Å². The highest BCUT2D eigenvalue weighted by atomic mass is 16.8. The number of hydrogen-bond donors (Lipinski definition) is 0. The number of unbranched alkanes of at least 4 members (excludes halogenated alkanes) is 5. The number of ether oxygens (including phenoxy) is 11. The quantitative estimate of drug-likeness (QED) is 0.0461. The van der Waals surface area contributed by atoms with Crippen LogP contribution in [0.5, 0.6) is 0 Å². The average molecular weight is 893 g/mol. The first-order valence-corrected chi connectivity index (χ1v) is 22.2. The first kappa shape index (κ1) is 50.3. The third-order valence-electron chi connectivity index (χ3n) is 10.6. The summed E-state index contributed by atoms with van der Waals surface area (Å²) in [6, 6.07) is 29.2. The van der Waals surface area contributed by atoms with Crippen LogP contribution in [0.3, 0.4) is 0 Å². The summed E-state index contributed by atoms with van der Waals surface area (Å²) >= 11 is 0. The zero-order valence-electron chi connectivity index (χ0n) is 37.5. The molecule has 0 saturated carbocycles. The summed E-state index contributed by atoms with van der Waals surface area (Å²) in [6.45, 7) is 7.24. The van der Waals surface area contributed by atoms with Gasteiger partial charge in [0.05, 0.1) is 26.4 Å². The van der Waals surface area contributed by atoms with Crippen LogP contribution in [0.4, 0.5) is 0 Å². The van der Waals surface area contributed by atoms with E-state index in [1.807, 2.05) is 91.0 Å². The van der Waals surface area contributed by atoms with Crippen LogP contribution in [0.15, 0.2) is 91.0 Å². The second-order valence-corrected chi connectivity index (χ2v) is 15.9. The zero-order chi connectivity index (χ0) is 45.7. The van der Waals surface area contributed by atoms with Crippen LogP contribution >= 0.6 is 0 Å². The lowest BCUT2D eigenvalue weighted by Gasteiger charge is -2.46. The molecule has 2 heterocycles. The van der Waals surface area contributed by atoms with E-state index in [-0.39, 0.29) is 26.4 Å². The van der Waals surface area contributed by atoms with Crippen molar-refractivity contribution in [2.45, 2.75) is 154 Å². The maximum absolute atomic E-state index is 12.6. The molecule has 2 aliphatic rings. The fourth-order valence-electron chi connectivity index (χ4n) is 7.62. The van der Waals surface area contributed by atoms with Crippen LogP contribution < -0.4 is 0 Å². The summed E-state index contributed by atoms with van der Waals surface area (Å²) in [6.07, 6.45) is -4.55. The topological polar surface area (TPSA) is 170 Å². The van der Waals surface area contributed by atoms with E-state index in [4.69, 9.17) is 52.1 Å². The first-order valence-electron chi connectivity index (χ1n) is 22.2. The Morgan fingerprint density at radius 3 is 1.55 bits per heavy atom. The van der Waals surface area contributed by atoms with Gasteiger partial charge in [-0.3, -0.25) is 19.2 Å². The van der Waals surface area contributed by atoms with E-state index in [9.17, 15) is 19.2 Å². The van der Waals surface area contributed by atoms with Crippen molar-refractivity contribution in [3.05, 3.63) is 108 Å². The molecule has 0 aromatic heterocycles. The lowest BCUT2D eigenvalue weighted by atomic mass is 9.97. The highest BCUT2D eigenvalue weighted by Crippen LogP contribution is 2.35. The molecule has 350 valence electrons. The average Bonchev–Trinajstić information content (AvgIpc) is 3.60. The Bertz CT molecular complexity index is 1830. The Balaban J connectivity index is 1.49. The Hall–Kier alpha value is -4.74. The molecule has 15 heteroatoms. The van der Waals surface area contributed by atoms with E-state index in [2.05, 4.69) is 6.92 Å². The van der Waals surface area contributed by atoms with Gasteiger partial charge in [0, 0.05) is 34.3 Å². The molecule has 2 fully saturated rings. The minimum atomic E-state index is -1.40. The number of benzene rings is 3. The van der Waals surface area contributed by atoms with E-state index in [0.29, 0.717) is 6.61 Å². The molecule has 3 aromatic rings. The van der Waals surface area contributed by atoms with Gasteiger partial charge in [-0.2, -0.15) is 0 Å². The molecule has 3 aromatic carbocycles. The van der Waals surface area contributed by atoms with Gasteiger partial charge in [0.1, 0.15) is 37.1 Å². The molecule has 0 spiro atoms. The Labute approximate surface area is 376 Å². The van der Waals surface area contributed by atoms with Crippen molar-refractivity contribution in [1.29, 1.82) is 0 Å². The molecule has 15 nitrogen and oxygen atoms in total. The van der Waals surface area contributed by atoms with E-state index in [1.165, 1.54) is 34.1 Å². The minimum absolute atomic E-state index is 0.179. The number of esters is 4. The van der Waals surface area contributed by atoms with Crippen molar-refractivity contribution in [2.24, 2.45) is 0 Å². The molecule has 0 radical (unpaired) electrons. The van der Waals surface area contributed by atoms with Crippen molar-refractivity contribution in [1.82, 2.24) is 0 Å². The number of hydrogen-bond acceptors (Lipinski definition) is 15. The second-order valence-electron chi connectivity index (χ2n) is 15.9. The van der Waals surface area contributed by atoms with Gasteiger partial charge in [-0.15, -0.1) is 0 Å². The van der Waals surface area contributed by atoms with Gasteiger partial charge in [0.2, 0.25) is 0 Å². The summed E-state index contributed by atoms with van der Waals surface area (Å²) in [4.78, 5) is 49.2. The first-order chi connectivity index (χ1) is 31.0. The second kappa shape index (κ2) is 26.9. The van der Waals surface area contributed by atoms with Crippen molar-refractivity contribution in [2.75, 3.05) is 19.8 Å². The molecule has 0 unspecified atom stereocenters. The highest BCUT2D eigenvalue weighted by Gasteiger charge is 2.55. The van der Waals surface area contributed by atoms with E-state index in [1.54, 1.807) is 0 Å². The smallest absolute Gasteiger partial charge is 0.303 e. The summed E-state index contributed by atoms with van der Waals surface area (Å²) in [5, 5.41) is 0. The van der Waals surface area contributed by atoms with Crippen LogP contribution in [0.2, 0.25) is 0 Å². The summed E-state index contributed by atoms with van der Waals surface area (Å²) in [7, 11) is 0. The lowest BCUT2D eigenvalue weighted by molar-refractivity contribution is -0.333. The van der Waals surface area contributed by atoms with E-state index < -0.39 is 91.9 Å². The standard InChI is InChI=1S/C49H64O15/c1-6-7-8-9-10-20-27-54-48-46(58-30-39-25-18-13-19-26-39)44(57-29-38-23-16-12-17-24-38)42(56-28-37-21-14-11-15-22-37)40(63-48)32-59-49-47(62-36(5)53)45(61-35(4)52)43(64-49)41(60-34(3)51)31-55-33(2)50/h11-19,21-26,40-49H,6-10,20,27-32H2,1-5H3/t40-,41-,42-,43+,44+,45+,46-,47-,48+,49-/m1/s1. The monoisotopic (exact) mass is 892 g/mol. The van der Waals surface area contributed by atoms with Crippen molar-refractivity contribution >= 4 is 23.9 Å². The highest BCUT2D eigenvalue weighted by molar-refractivity contribution is 5.68. The fraction of sp³-hybridized carbons (Fsp3) is 0.551. The van der Waals surface area contributed by atoms with Crippen molar-refractivity contribution < 1.29 is 71.3 Å². The third-order valence-corrected chi connectivity index (χ3v) is 10.6. The van der Waals surface area contributed by atoms with Gasteiger partial charge in [0.25, 0.3) is 0 Å². The van der Waals surface area contributed by atoms with Crippen LogP contribution in [-0.2, 0) is 91.1 Å². The summed E-state index contributed by atoms with van der Waals surface area (Å²) in [5.74, 6) is -2.83. The van der Waals surface area contributed by atoms with Crippen LogP contribution in [0.1, 0.15) is 89.8 Å². The largest absolute Gasteiger partial charge is 0.462 e. The van der Waals surface area contributed by atoms with Crippen molar-refractivity contribution in [3.63, 3.8) is 0 Å². The van der Waals surface area contributed by atoms with Gasteiger partial charge in [-0.25, -0.2) is 0 Å². The molecule has 2 aliphatic heterocycles. The molecular formula is C49H64O15. The number of carbonyl (C=O) groups excluding carboxylic acids is 4. The Kier molecular flexibility index (Phi) is 21.1. The number of rotatable bonds is 26. The predicted octanol–water partition coefficient (Wildman–Crippen LogP) is 6.94. The molecule has 0 aliphatic carbocycles. The molecule has 5 rings (SSSR count). The minimum Gasteiger partial charge on any atom is -0.462 e. The molecule has 0 N–H and O–H groups in total. The fourth-order valence-corrected chi connectivity index (χ4v) is 7.62.